The second-order valence-electron chi connectivity index (χ2n) is 5.54. The van der Waals surface area contributed by atoms with Crippen molar-refractivity contribution < 1.29 is 17.6 Å². The molecule has 27 heavy (non-hydrogen) atoms. The summed E-state index contributed by atoms with van der Waals surface area (Å²) in [6.45, 7) is 0. The molecule has 6 nitrogen and oxygen atoms in total. The van der Waals surface area contributed by atoms with Gasteiger partial charge in [0.05, 0.1) is 23.1 Å². The van der Waals surface area contributed by atoms with Crippen molar-refractivity contribution in [2.75, 3.05) is 0 Å². The predicted molar refractivity (Wildman–Crippen MR) is 86.7 cm³/mol. The average molecular weight is 374 g/mol. The average Bonchev–Trinajstić information content (AvgIpc) is 3.29. The topological polar surface area (TPSA) is 61.4 Å². The maximum absolute atomic E-state index is 13.8. The molecule has 0 aliphatic rings. The molecule has 136 valence electrons. The van der Waals surface area contributed by atoms with Gasteiger partial charge in [-0.3, -0.25) is 0 Å². The van der Waals surface area contributed by atoms with Gasteiger partial charge in [-0.1, -0.05) is 18.2 Å². The summed E-state index contributed by atoms with van der Waals surface area (Å²) in [7, 11) is 0. The number of para-hydroxylation sites is 1. The van der Waals surface area contributed by atoms with E-state index in [1.54, 1.807) is 30.3 Å². The van der Waals surface area contributed by atoms with E-state index in [0.717, 1.165) is 18.3 Å². The van der Waals surface area contributed by atoms with E-state index < -0.39 is 17.7 Å². The fourth-order valence-electron chi connectivity index (χ4n) is 2.66. The van der Waals surface area contributed by atoms with Crippen molar-refractivity contribution in [2.45, 2.75) is 6.18 Å². The van der Waals surface area contributed by atoms with E-state index in [1.165, 1.54) is 16.8 Å². The fraction of sp³-hybridized carbons (Fsp3) is 0.0588. The third-order valence-corrected chi connectivity index (χ3v) is 3.82. The van der Waals surface area contributed by atoms with Gasteiger partial charge in [-0.15, -0.1) is 5.10 Å². The molecule has 0 unspecified atom stereocenters. The van der Waals surface area contributed by atoms with Crippen LogP contribution in [-0.4, -0.2) is 30.0 Å². The Hall–Kier alpha value is -3.56. The normalized spacial score (nSPS) is 11.7. The van der Waals surface area contributed by atoms with Gasteiger partial charge in [-0.2, -0.15) is 23.0 Å². The largest absolute Gasteiger partial charge is 0.434 e. The minimum absolute atomic E-state index is 0.0636. The van der Waals surface area contributed by atoms with E-state index in [9.17, 15) is 17.6 Å². The summed E-state index contributed by atoms with van der Waals surface area (Å²) in [4.78, 5) is 0. The highest BCUT2D eigenvalue weighted by Crippen LogP contribution is 2.38. The van der Waals surface area contributed by atoms with Crippen molar-refractivity contribution in [1.29, 1.82) is 0 Å². The van der Waals surface area contributed by atoms with Gasteiger partial charge in [0.25, 0.3) is 0 Å². The molecule has 0 N–H and O–H groups in total. The number of tetrazole rings is 1. The Bertz CT molecular complexity index is 1070. The molecule has 0 aliphatic carbocycles. The van der Waals surface area contributed by atoms with Gasteiger partial charge in [-0.05, 0) is 46.8 Å². The summed E-state index contributed by atoms with van der Waals surface area (Å²) in [6.07, 6.45) is -3.70. The van der Waals surface area contributed by atoms with Crippen molar-refractivity contribution in [3.8, 4) is 22.8 Å². The molecule has 0 atom stereocenters. The maximum Gasteiger partial charge on any atom is 0.434 e. The molecule has 0 bridgehead atoms. The minimum atomic E-state index is -4.74. The van der Waals surface area contributed by atoms with Crippen LogP contribution in [-0.2, 0) is 6.18 Å². The van der Waals surface area contributed by atoms with Gasteiger partial charge in [-0.25, -0.2) is 9.07 Å². The summed E-state index contributed by atoms with van der Waals surface area (Å²) in [5.74, 6) is -0.672. The lowest BCUT2D eigenvalue weighted by Crippen LogP contribution is -2.15. The van der Waals surface area contributed by atoms with Gasteiger partial charge in [0.1, 0.15) is 5.82 Å². The quantitative estimate of drug-likeness (QED) is 0.514. The fourth-order valence-corrected chi connectivity index (χ4v) is 2.66. The van der Waals surface area contributed by atoms with Gasteiger partial charge in [0, 0.05) is 0 Å². The third kappa shape index (κ3) is 3.05. The van der Waals surface area contributed by atoms with Gasteiger partial charge >= 0.3 is 6.18 Å². The molecule has 10 heteroatoms. The molecule has 0 aliphatic heterocycles. The van der Waals surface area contributed by atoms with Gasteiger partial charge in [0.2, 0.25) is 0 Å². The van der Waals surface area contributed by atoms with Crippen molar-refractivity contribution in [2.24, 2.45) is 0 Å². The van der Waals surface area contributed by atoms with Crippen molar-refractivity contribution in [3.05, 3.63) is 72.3 Å². The van der Waals surface area contributed by atoms with E-state index in [0.29, 0.717) is 10.4 Å². The monoisotopic (exact) mass is 374 g/mol. The Morgan fingerprint density at radius 3 is 2.15 bits per heavy atom. The Labute approximate surface area is 149 Å². The number of aromatic nitrogens is 6. The van der Waals surface area contributed by atoms with E-state index in [2.05, 4.69) is 20.6 Å². The molecular weight excluding hydrogens is 364 g/mol. The second-order valence-corrected chi connectivity index (χ2v) is 5.54. The van der Waals surface area contributed by atoms with E-state index >= 15 is 0 Å². The second kappa shape index (κ2) is 6.31. The molecule has 4 rings (SSSR count). The lowest BCUT2D eigenvalue weighted by Gasteiger charge is -2.12. The van der Waals surface area contributed by atoms with E-state index in [4.69, 9.17) is 0 Å². The van der Waals surface area contributed by atoms with Gasteiger partial charge in [0.15, 0.2) is 11.5 Å². The van der Waals surface area contributed by atoms with Crippen LogP contribution in [0, 0.1) is 5.82 Å². The standard InChI is InChI=1S/C17H10F4N6/c18-11-6-8-13(9-7-11)26-15(17(19,20)21)14(10-22-26)16-23-24-25-27(16)12-4-2-1-3-5-12/h1-10H. The minimum Gasteiger partial charge on any atom is -0.228 e. The van der Waals surface area contributed by atoms with E-state index in [-0.39, 0.29) is 17.1 Å². The first-order chi connectivity index (χ1) is 12.9. The van der Waals surface area contributed by atoms with Crippen LogP contribution in [0.1, 0.15) is 5.69 Å². The molecule has 0 saturated heterocycles. The van der Waals surface area contributed by atoms with Gasteiger partial charge < -0.3 is 0 Å². The first-order valence-corrected chi connectivity index (χ1v) is 7.70. The summed E-state index contributed by atoms with van der Waals surface area (Å²) in [5.41, 5.74) is -0.782. The molecular formula is C17H10F4N6. The number of nitrogens with zero attached hydrogens (tertiary/aromatic N) is 6. The van der Waals surface area contributed by atoms with Crippen molar-refractivity contribution in [3.63, 3.8) is 0 Å². The molecule has 0 spiro atoms. The number of rotatable bonds is 3. The summed E-state index contributed by atoms with van der Waals surface area (Å²) >= 11 is 0. The van der Waals surface area contributed by atoms with Crippen molar-refractivity contribution in [1.82, 2.24) is 30.0 Å². The first-order valence-electron chi connectivity index (χ1n) is 7.70. The van der Waals surface area contributed by atoms with Crippen LogP contribution in [0.15, 0.2) is 60.8 Å². The SMILES string of the molecule is Fc1ccc(-n2ncc(-c3nnnn3-c3ccccc3)c2C(F)(F)F)cc1. The van der Waals surface area contributed by atoms with Crippen LogP contribution in [0.2, 0.25) is 0 Å². The Kier molecular flexibility index (Phi) is 3.94. The molecule has 0 saturated carbocycles. The Balaban J connectivity index is 1.91. The summed E-state index contributed by atoms with van der Waals surface area (Å²) < 4.78 is 56.5. The molecule has 2 heterocycles. The highest BCUT2D eigenvalue weighted by molar-refractivity contribution is 5.61. The molecule has 0 radical (unpaired) electrons. The maximum atomic E-state index is 13.8. The van der Waals surface area contributed by atoms with Crippen LogP contribution in [0.25, 0.3) is 22.8 Å². The number of halogens is 4. The third-order valence-electron chi connectivity index (χ3n) is 3.82. The van der Waals surface area contributed by atoms with E-state index in [1.807, 2.05) is 0 Å². The zero-order valence-electron chi connectivity index (χ0n) is 13.5. The molecule has 4 aromatic rings. The van der Waals surface area contributed by atoms with Crippen LogP contribution in [0.4, 0.5) is 17.6 Å². The molecule has 0 amide bonds. The lowest BCUT2D eigenvalue weighted by molar-refractivity contribution is -0.142. The number of hydrogen-bond donors (Lipinski definition) is 0. The Morgan fingerprint density at radius 2 is 1.48 bits per heavy atom. The zero-order valence-corrected chi connectivity index (χ0v) is 13.5. The van der Waals surface area contributed by atoms with Crippen LogP contribution < -0.4 is 0 Å². The number of hydrogen-bond acceptors (Lipinski definition) is 4. The highest BCUT2D eigenvalue weighted by atomic mass is 19.4. The molecule has 0 fully saturated rings. The summed E-state index contributed by atoms with van der Waals surface area (Å²) in [5, 5.41) is 14.9. The Morgan fingerprint density at radius 1 is 0.815 bits per heavy atom. The summed E-state index contributed by atoms with van der Waals surface area (Å²) in [6, 6.07) is 13.1. The number of alkyl halides is 3. The highest BCUT2D eigenvalue weighted by Gasteiger charge is 2.40. The molecule has 2 aromatic heterocycles. The van der Waals surface area contributed by atoms with Crippen LogP contribution >= 0.6 is 0 Å². The van der Waals surface area contributed by atoms with Crippen molar-refractivity contribution >= 4 is 0 Å². The van der Waals surface area contributed by atoms with Crippen LogP contribution in [0.5, 0.6) is 0 Å². The molecule has 2 aromatic carbocycles. The zero-order chi connectivity index (χ0) is 19.0. The number of benzene rings is 2. The first kappa shape index (κ1) is 16.9. The predicted octanol–water partition coefficient (Wildman–Crippen LogP) is 3.67. The smallest absolute Gasteiger partial charge is 0.228 e. The van der Waals surface area contributed by atoms with Crippen LogP contribution in [0.3, 0.4) is 0 Å². The lowest BCUT2D eigenvalue weighted by atomic mass is 10.2.